The van der Waals surface area contributed by atoms with E-state index in [0.29, 0.717) is 12.8 Å². The van der Waals surface area contributed by atoms with E-state index in [0.717, 1.165) is 16.9 Å². The maximum absolute atomic E-state index is 8.83. The van der Waals surface area contributed by atoms with E-state index in [-0.39, 0.29) is 12.6 Å². The van der Waals surface area contributed by atoms with Crippen molar-refractivity contribution in [3.63, 3.8) is 0 Å². The highest BCUT2D eigenvalue weighted by molar-refractivity contribution is 5.36. The van der Waals surface area contributed by atoms with E-state index < -0.39 is 0 Å². The van der Waals surface area contributed by atoms with Crippen LogP contribution < -0.4 is 4.74 Å². The summed E-state index contributed by atoms with van der Waals surface area (Å²) in [7, 11) is 1.62. The van der Waals surface area contributed by atoms with E-state index in [1.54, 1.807) is 7.11 Å². The normalized spacial score (nSPS) is 11.7. The summed E-state index contributed by atoms with van der Waals surface area (Å²) in [5, 5.41) is 12.6. The Bertz CT molecular complexity index is 414. The highest BCUT2D eigenvalue weighted by Gasteiger charge is 2.12. The fourth-order valence-electron chi connectivity index (χ4n) is 1.77. The van der Waals surface area contributed by atoms with E-state index in [1.165, 1.54) is 0 Å². The molecule has 0 bridgehead atoms. The molecule has 1 N–H and O–H groups in total. The molecule has 17 heavy (non-hydrogen) atoms. The molecule has 0 aliphatic rings. The molecule has 5 nitrogen and oxygen atoms in total. The van der Waals surface area contributed by atoms with Crippen molar-refractivity contribution in [1.29, 1.82) is 0 Å². The molecule has 0 amide bonds. The van der Waals surface area contributed by atoms with E-state index in [1.807, 2.05) is 25.1 Å². The number of hydrogen-bond acceptors (Lipinski definition) is 3. The van der Waals surface area contributed by atoms with Crippen LogP contribution in [0.5, 0.6) is 5.75 Å². The Kier molecular flexibility index (Phi) is 5.33. The second-order valence-electron chi connectivity index (χ2n) is 3.81. The third kappa shape index (κ3) is 3.66. The molecule has 0 saturated heterocycles. The van der Waals surface area contributed by atoms with E-state index >= 15 is 0 Å². The zero-order valence-corrected chi connectivity index (χ0v) is 10.1. The highest BCUT2D eigenvalue weighted by atomic mass is 16.5. The summed E-state index contributed by atoms with van der Waals surface area (Å²) in [5.41, 5.74) is 10.6. The molecule has 0 spiro atoms. The standard InChI is InChI=1S/C12H17N3O2/c1-9-8-10(17-2)5-6-11(9)12(14-15-13)4-3-7-16/h5-6,8,12,16H,3-4,7H2,1-2H3. The number of methoxy groups -OCH3 is 1. The molecule has 0 radical (unpaired) electrons. The maximum Gasteiger partial charge on any atom is 0.119 e. The van der Waals surface area contributed by atoms with Crippen molar-refractivity contribution in [2.24, 2.45) is 5.11 Å². The Morgan fingerprint density at radius 1 is 1.53 bits per heavy atom. The van der Waals surface area contributed by atoms with Gasteiger partial charge in [0, 0.05) is 11.5 Å². The van der Waals surface area contributed by atoms with Crippen molar-refractivity contribution >= 4 is 0 Å². The predicted octanol–water partition coefficient (Wildman–Crippen LogP) is 3.13. The predicted molar refractivity (Wildman–Crippen MR) is 65.9 cm³/mol. The largest absolute Gasteiger partial charge is 0.497 e. The third-order valence-corrected chi connectivity index (χ3v) is 2.66. The Morgan fingerprint density at radius 3 is 2.82 bits per heavy atom. The van der Waals surface area contributed by atoms with E-state index in [2.05, 4.69) is 10.0 Å². The van der Waals surface area contributed by atoms with Crippen molar-refractivity contribution in [2.45, 2.75) is 25.8 Å². The number of benzene rings is 1. The second-order valence-corrected chi connectivity index (χ2v) is 3.81. The lowest BCUT2D eigenvalue weighted by Crippen LogP contribution is -1.99. The fraction of sp³-hybridized carbons (Fsp3) is 0.500. The molecule has 0 fully saturated rings. The summed E-state index contributed by atoms with van der Waals surface area (Å²) in [5.74, 6) is 0.785. The van der Waals surface area contributed by atoms with Crippen molar-refractivity contribution < 1.29 is 9.84 Å². The molecule has 1 unspecified atom stereocenters. The molecule has 92 valence electrons. The van der Waals surface area contributed by atoms with Crippen LogP contribution in [-0.4, -0.2) is 18.8 Å². The first kappa shape index (κ1) is 13.4. The number of aryl methyl sites for hydroxylation is 1. The van der Waals surface area contributed by atoms with Gasteiger partial charge in [0.05, 0.1) is 13.2 Å². The Morgan fingerprint density at radius 2 is 2.29 bits per heavy atom. The van der Waals surface area contributed by atoms with Crippen LogP contribution in [0.25, 0.3) is 10.4 Å². The highest BCUT2D eigenvalue weighted by Crippen LogP contribution is 2.28. The van der Waals surface area contributed by atoms with E-state index in [9.17, 15) is 0 Å². The van der Waals surface area contributed by atoms with Gasteiger partial charge in [-0.05, 0) is 48.6 Å². The molecule has 1 aromatic rings. The number of aliphatic hydroxyl groups is 1. The molecule has 1 atom stereocenters. The summed E-state index contributed by atoms with van der Waals surface area (Å²) in [6, 6.07) is 5.44. The molecule has 0 saturated carbocycles. The smallest absolute Gasteiger partial charge is 0.119 e. The minimum absolute atomic E-state index is 0.104. The Balaban J connectivity index is 2.97. The summed E-state index contributed by atoms with van der Waals surface area (Å²) in [6.07, 6.45) is 1.27. The lowest BCUT2D eigenvalue weighted by molar-refractivity contribution is 0.280. The van der Waals surface area contributed by atoms with Gasteiger partial charge in [0.2, 0.25) is 0 Å². The molecule has 0 aromatic heterocycles. The molecule has 0 aliphatic heterocycles. The van der Waals surface area contributed by atoms with E-state index in [4.69, 9.17) is 15.4 Å². The first-order valence-electron chi connectivity index (χ1n) is 5.52. The average molecular weight is 235 g/mol. The summed E-state index contributed by atoms with van der Waals surface area (Å²) in [6.45, 7) is 2.06. The van der Waals surface area contributed by atoms with Crippen LogP contribution in [0.4, 0.5) is 0 Å². The van der Waals surface area contributed by atoms with Crippen LogP contribution in [0, 0.1) is 6.92 Å². The van der Waals surface area contributed by atoms with Gasteiger partial charge in [-0.25, -0.2) is 0 Å². The van der Waals surface area contributed by atoms with Crippen molar-refractivity contribution in [1.82, 2.24) is 0 Å². The van der Waals surface area contributed by atoms with Crippen LogP contribution in [-0.2, 0) is 0 Å². The summed E-state index contributed by atoms with van der Waals surface area (Å²) < 4.78 is 5.13. The van der Waals surface area contributed by atoms with Crippen LogP contribution in [0.1, 0.15) is 30.0 Å². The minimum Gasteiger partial charge on any atom is -0.497 e. The zero-order chi connectivity index (χ0) is 12.7. The monoisotopic (exact) mass is 235 g/mol. The van der Waals surface area contributed by atoms with Gasteiger partial charge in [-0.15, -0.1) is 0 Å². The lowest BCUT2D eigenvalue weighted by Gasteiger charge is -2.14. The number of rotatable bonds is 6. The van der Waals surface area contributed by atoms with Gasteiger partial charge < -0.3 is 9.84 Å². The van der Waals surface area contributed by atoms with Crippen molar-refractivity contribution in [3.05, 3.63) is 39.8 Å². The SMILES string of the molecule is COc1ccc(C(CCCO)N=[N+]=[N-])c(C)c1. The first-order valence-corrected chi connectivity index (χ1v) is 5.52. The molecule has 0 aliphatic carbocycles. The van der Waals surface area contributed by atoms with Crippen molar-refractivity contribution in [2.75, 3.05) is 13.7 Å². The molecule has 1 rings (SSSR count). The lowest BCUT2D eigenvalue weighted by atomic mass is 9.98. The topological polar surface area (TPSA) is 78.2 Å². The fourth-order valence-corrected chi connectivity index (χ4v) is 1.77. The third-order valence-electron chi connectivity index (χ3n) is 2.66. The van der Waals surface area contributed by atoms with Crippen LogP contribution in [0.15, 0.2) is 23.3 Å². The Hall–Kier alpha value is -1.71. The molecular formula is C12H17N3O2. The number of ether oxygens (including phenoxy) is 1. The van der Waals surface area contributed by atoms with Gasteiger partial charge in [-0.1, -0.05) is 11.2 Å². The van der Waals surface area contributed by atoms with Crippen molar-refractivity contribution in [3.8, 4) is 5.75 Å². The van der Waals surface area contributed by atoms with Gasteiger partial charge in [-0.2, -0.15) is 0 Å². The number of hydrogen-bond donors (Lipinski definition) is 1. The molecule has 0 heterocycles. The summed E-state index contributed by atoms with van der Waals surface area (Å²) in [4.78, 5) is 2.86. The van der Waals surface area contributed by atoms with Gasteiger partial charge >= 0.3 is 0 Å². The second kappa shape index (κ2) is 6.78. The van der Waals surface area contributed by atoms with Gasteiger partial charge in [-0.3, -0.25) is 0 Å². The summed E-state index contributed by atoms with van der Waals surface area (Å²) >= 11 is 0. The Labute approximate surface area is 101 Å². The van der Waals surface area contributed by atoms with Crippen LogP contribution in [0.2, 0.25) is 0 Å². The van der Waals surface area contributed by atoms with Gasteiger partial charge in [0.15, 0.2) is 0 Å². The molecule has 1 aromatic carbocycles. The molecular weight excluding hydrogens is 218 g/mol. The number of nitrogens with zero attached hydrogens (tertiary/aromatic N) is 3. The van der Waals surface area contributed by atoms with Crippen LogP contribution >= 0.6 is 0 Å². The van der Waals surface area contributed by atoms with Crippen LogP contribution in [0.3, 0.4) is 0 Å². The zero-order valence-electron chi connectivity index (χ0n) is 10.1. The minimum atomic E-state index is -0.224. The number of aliphatic hydroxyl groups excluding tert-OH is 1. The first-order chi connectivity index (χ1) is 8.22. The average Bonchev–Trinajstić information content (AvgIpc) is 2.34. The van der Waals surface area contributed by atoms with Gasteiger partial charge in [0.25, 0.3) is 0 Å². The van der Waals surface area contributed by atoms with Gasteiger partial charge in [0.1, 0.15) is 5.75 Å². The maximum atomic E-state index is 8.83. The molecule has 5 heteroatoms. The number of azide groups is 1. The quantitative estimate of drug-likeness (QED) is 0.467.